The van der Waals surface area contributed by atoms with Gasteiger partial charge in [-0.1, -0.05) is 18.2 Å². The summed E-state index contributed by atoms with van der Waals surface area (Å²) in [4.78, 5) is 12.3. The van der Waals surface area contributed by atoms with Gasteiger partial charge < -0.3 is 14.8 Å². The third-order valence-corrected chi connectivity index (χ3v) is 4.47. The molecular weight excluding hydrogens is 358 g/mol. The number of carbonyl (C=O) groups is 1. The molecule has 0 atom stereocenters. The smallest absolute Gasteiger partial charge is 0.262 e. The Morgan fingerprint density at radius 2 is 2.07 bits per heavy atom. The molecule has 0 aliphatic heterocycles. The Hall–Kier alpha value is -3.42. The summed E-state index contributed by atoms with van der Waals surface area (Å²) >= 11 is 0. The molecule has 0 spiro atoms. The average molecular weight is 379 g/mol. The molecule has 2 aromatic carbocycles. The minimum Gasteiger partial charge on any atom is -0.493 e. The molecule has 1 aliphatic rings. The molecule has 0 radical (unpaired) electrons. The molecule has 0 bridgehead atoms. The summed E-state index contributed by atoms with van der Waals surface area (Å²) in [5.74, 6) is 1.57. The van der Waals surface area contributed by atoms with Crippen LogP contribution in [0.1, 0.15) is 24.4 Å². The Bertz CT molecular complexity index is 997. The number of methoxy groups -OCH3 is 1. The van der Waals surface area contributed by atoms with Crippen LogP contribution in [0.25, 0.3) is 11.4 Å². The number of aryl methyl sites for hydroxylation is 1. The second-order valence-electron chi connectivity index (χ2n) is 6.75. The van der Waals surface area contributed by atoms with Gasteiger partial charge in [-0.2, -0.15) is 0 Å². The van der Waals surface area contributed by atoms with E-state index in [9.17, 15) is 4.79 Å². The number of ether oxygens (including phenoxy) is 2. The number of carbonyl (C=O) groups excluding carboxylic acids is 1. The van der Waals surface area contributed by atoms with E-state index in [0.29, 0.717) is 29.1 Å². The second-order valence-corrected chi connectivity index (χ2v) is 6.75. The lowest BCUT2D eigenvalue weighted by Gasteiger charge is -2.12. The van der Waals surface area contributed by atoms with Crippen molar-refractivity contribution < 1.29 is 14.3 Å². The third kappa shape index (κ3) is 3.95. The molecule has 1 saturated carbocycles. The highest BCUT2D eigenvalue weighted by Crippen LogP contribution is 2.36. The van der Waals surface area contributed by atoms with Crippen molar-refractivity contribution in [3.8, 4) is 22.9 Å². The molecule has 0 unspecified atom stereocenters. The van der Waals surface area contributed by atoms with Gasteiger partial charge in [0.25, 0.3) is 5.91 Å². The van der Waals surface area contributed by atoms with E-state index >= 15 is 0 Å². The van der Waals surface area contributed by atoms with Crippen molar-refractivity contribution in [3.63, 3.8) is 0 Å². The van der Waals surface area contributed by atoms with Crippen LogP contribution in [0.3, 0.4) is 0 Å². The van der Waals surface area contributed by atoms with E-state index in [1.54, 1.807) is 13.2 Å². The lowest BCUT2D eigenvalue weighted by Crippen LogP contribution is -2.20. The highest BCUT2D eigenvalue weighted by Gasteiger charge is 2.28. The number of hydrogen-bond acceptors (Lipinski definition) is 6. The zero-order valence-corrected chi connectivity index (χ0v) is 15.8. The van der Waals surface area contributed by atoms with Gasteiger partial charge in [-0.25, -0.2) is 4.68 Å². The molecule has 1 amide bonds. The first-order chi connectivity index (χ1) is 13.6. The van der Waals surface area contributed by atoms with E-state index in [0.717, 1.165) is 24.0 Å². The summed E-state index contributed by atoms with van der Waals surface area (Å²) in [7, 11) is 1.57. The molecule has 1 fully saturated rings. The van der Waals surface area contributed by atoms with Gasteiger partial charge in [-0.15, -0.1) is 5.10 Å². The SMILES string of the molecule is COc1cc(C)ccc1OCC(=O)Nc1cccc(-c2nnnn2C2CC2)c1. The third-order valence-electron chi connectivity index (χ3n) is 4.47. The van der Waals surface area contributed by atoms with E-state index < -0.39 is 0 Å². The second kappa shape index (κ2) is 7.67. The quantitative estimate of drug-likeness (QED) is 0.679. The molecule has 28 heavy (non-hydrogen) atoms. The zero-order valence-electron chi connectivity index (χ0n) is 15.8. The van der Waals surface area contributed by atoms with E-state index in [4.69, 9.17) is 9.47 Å². The average Bonchev–Trinajstić information content (AvgIpc) is 3.43. The van der Waals surface area contributed by atoms with Gasteiger partial charge in [-0.05, 0) is 60.0 Å². The van der Waals surface area contributed by atoms with Crippen LogP contribution in [0.2, 0.25) is 0 Å². The first kappa shape index (κ1) is 18.0. The number of nitrogens with zero attached hydrogens (tertiary/aromatic N) is 4. The number of rotatable bonds is 7. The van der Waals surface area contributed by atoms with Crippen molar-refractivity contribution in [1.29, 1.82) is 0 Å². The van der Waals surface area contributed by atoms with Crippen LogP contribution in [0, 0.1) is 6.92 Å². The summed E-state index contributed by atoms with van der Waals surface area (Å²) in [5.41, 5.74) is 2.57. The molecular formula is C20H21N5O3. The van der Waals surface area contributed by atoms with Crippen molar-refractivity contribution in [2.45, 2.75) is 25.8 Å². The molecule has 1 heterocycles. The zero-order chi connectivity index (χ0) is 19.5. The molecule has 144 valence electrons. The van der Waals surface area contributed by atoms with E-state index in [-0.39, 0.29) is 12.5 Å². The minimum absolute atomic E-state index is 0.122. The lowest BCUT2D eigenvalue weighted by atomic mass is 10.2. The number of tetrazole rings is 1. The van der Waals surface area contributed by atoms with Crippen LogP contribution in [0.5, 0.6) is 11.5 Å². The molecule has 3 aromatic rings. The predicted molar refractivity (Wildman–Crippen MR) is 103 cm³/mol. The summed E-state index contributed by atoms with van der Waals surface area (Å²) in [6, 6.07) is 13.4. The number of aromatic nitrogens is 4. The number of anilines is 1. The highest BCUT2D eigenvalue weighted by atomic mass is 16.5. The van der Waals surface area contributed by atoms with Crippen LogP contribution in [0.4, 0.5) is 5.69 Å². The van der Waals surface area contributed by atoms with Crippen molar-refractivity contribution in [1.82, 2.24) is 20.2 Å². The van der Waals surface area contributed by atoms with Crippen LogP contribution in [-0.2, 0) is 4.79 Å². The topological polar surface area (TPSA) is 91.2 Å². The van der Waals surface area contributed by atoms with Crippen LogP contribution in [0.15, 0.2) is 42.5 Å². The molecule has 8 nitrogen and oxygen atoms in total. The molecule has 4 rings (SSSR count). The molecule has 1 aliphatic carbocycles. The minimum atomic E-state index is -0.262. The Morgan fingerprint density at radius 3 is 2.86 bits per heavy atom. The van der Waals surface area contributed by atoms with Crippen molar-refractivity contribution in [3.05, 3.63) is 48.0 Å². The normalized spacial score (nSPS) is 13.2. The van der Waals surface area contributed by atoms with Gasteiger partial charge in [0.15, 0.2) is 23.9 Å². The maximum absolute atomic E-state index is 12.3. The fourth-order valence-electron chi connectivity index (χ4n) is 2.92. The van der Waals surface area contributed by atoms with E-state index in [2.05, 4.69) is 20.8 Å². The first-order valence-electron chi connectivity index (χ1n) is 9.09. The van der Waals surface area contributed by atoms with Gasteiger partial charge in [0.1, 0.15) is 0 Å². The predicted octanol–water partition coefficient (Wildman–Crippen LogP) is 3.01. The Kier molecular flexibility index (Phi) is 4.92. The number of amides is 1. The highest BCUT2D eigenvalue weighted by molar-refractivity contribution is 5.92. The monoisotopic (exact) mass is 379 g/mol. The van der Waals surface area contributed by atoms with Gasteiger partial charge in [0.05, 0.1) is 13.2 Å². The maximum atomic E-state index is 12.3. The number of benzene rings is 2. The van der Waals surface area contributed by atoms with Crippen LogP contribution < -0.4 is 14.8 Å². The lowest BCUT2D eigenvalue weighted by molar-refractivity contribution is -0.118. The summed E-state index contributed by atoms with van der Waals surface area (Å²) in [6.45, 7) is 1.84. The molecule has 1 aromatic heterocycles. The summed E-state index contributed by atoms with van der Waals surface area (Å²) in [6.07, 6.45) is 2.18. The van der Waals surface area contributed by atoms with Gasteiger partial charge >= 0.3 is 0 Å². The fraction of sp³-hybridized carbons (Fsp3) is 0.300. The summed E-state index contributed by atoms with van der Waals surface area (Å²) in [5, 5.41) is 14.8. The molecule has 1 N–H and O–H groups in total. The Balaban J connectivity index is 1.42. The van der Waals surface area contributed by atoms with Crippen molar-refractivity contribution in [2.75, 3.05) is 19.0 Å². The van der Waals surface area contributed by atoms with Gasteiger partial charge in [0, 0.05) is 11.3 Å². The van der Waals surface area contributed by atoms with E-state index in [1.165, 1.54) is 0 Å². The first-order valence-corrected chi connectivity index (χ1v) is 9.09. The van der Waals surface area contributed by atoms with Crippen molar-refractivity contribution in [2.24, 2.45) is 0 Å². The molecule has 0 saturated heterocycles. The standard InChI is InChI=1S/C20H21N5O3/c1-13-6-9-17(18(10-13)27-2)28-12-19(26)21-15-5-3-4-14(11-15)20-22-23-24-25(20)16-7-8-16/h3-6,9-11,16H,7-8,12H2,1-2H3,(H,21,26). The van der Waals surface area contributed by atoms with Crippen molar-refractivity contribution >= 4 is 11.6 Å². The summed E-state index contributed by atoms with van der Waals surface area (Å²) < 4.78 is 12.7. The van der Waals surface area contributed by atoms with Gasteiger partial charge in [-0.3, -0.25) is 4.79 Å². The Morgan fingerprint density at radius 1 is 1.21 bits per heavy atom. The molecule has 8 heteroatoms. The largest absolute Gasteiger partial charge is 0.493 e. The van der Waals surface area contributed by atoms with Gasteiger partial charge in [0.2, 0.25) is 0 Å². The fourth-order valence-corrected chi connectivity index (χ4v) is 2.92. The Labute approximate surface area is 162 Å². The maximum Gasteiger partial charge on any atom is 0.262 e. The van der Waals surface area contributed by atoms with E-state index in [1.807, 2.05) is 48.0 Å². The van der Waals surface area contributed by atoms with Crippen LogP contribution in [-0.4, -0.2) is 39.8 Å². The van der Waals surface area contributed by atoms with Crippen LogP contribution >= 0.6 is 0 Å². The number of hydrogen-bond donors (Lipinski definition) is 1. The number of nitrogens with one attached hydrogen (secondary N) is 1.